The van der Waals surface area contributed by atoms with Gasteiger partial charge in [-0.05, 0) is 12.5 Å². The molecule has 4 heteroatoms. The maximum absolute atomic E-state index is 5.80. The highest BCUT2D eigenvalue weighted by Crippen LogP contribution is 2.17. The molecule has 108 valence electrons. The second-order valence-electron chi connectivity index (χ2n) is 4.53. The molecule has 19 heavy (non-hydrogen) atoms. The lowest BCUT2D eigenvalue weighted by Crippen LogP contribution is -2.30. The van der Waals surface area contributed by atoms with Crippen LogP contribution in [0.4, 0.5) is 0 Å². The zero-order valence-electron chi connectivity index (χ0n) is 12.0. The summed E-state index contributed by atoms with van der Waals surface area (Å²) in [7, 11) is 0. The summed E-state index contributed by atoms with van der Waals surface area (Å²) in [6, 6.07) is 8.23. The molecule has 1 rings (SSSR count). The van der Waals surface area contributed by atoms with Crippen LogP contribution in [0.2, 0.25) is 0 Å². The predicted octanol–water partition coefficient (Wildman–Crippen LogP) is 1.50. The molecule has 0 fully saturated rings. The van der Waals surface area contributed by atoms with Crippen LogP contribution in [0.1, 0.15) is 25.3 Å². The van der Waals surface area contributed by atoms with Gasteiger partial charge in [0.05, 0.1) is 6.61 Å². The fraction of sp³-hybridized carbons (Fsp3) is 0.600. The first-order valence-corrected chi connectivity index (χ1v) is 7.20. The van der Waals surface area contributed by atoms with E-state index >= 15 is 0 Å². The first-order valence-electron chi connectivity index (χ1n) is 7.20. The summed E-state index contributed by atoms with van der Waals surface area (Å²) in [6.45, 7) is 7.25. The number of para-hydroxylation sites is 1. The zero-order chi connectivity index (χ0) is 13.8. The molecular formula is C15H27N3O. The third kappa shape index (κ3) is 7.15. The average molecular weight is 265 g/mol. The largest absolute Gasteiger partial charge is 0.493 e. The molecule has 4 N–H and O–H groups in total. The number of rotatable bonds is 11. The summed E-state index contributed by atoms with van der Waals surface area (Å²) in [4.78, 5) is 0. The van der Waals surface area contributed by atoms with E-state index in [9.17, 15) is 0 Å². The molecule has 0 radical (unpaired) electrons. The summed E-state index contributed by atoms with van der Waals surface area (Å²) < 4.78 is 5.80. The maximum Gasteiger partial charge on any atom is 0.123 e. The topological polar surface area (TPSA) is 59.3 Å². The van der Waals surface area contributed by atoms with E-state index in [1.54, 1.807) is 0 Å². The average Bonchev–Trinajstić information content (AvgIpc) is 2.44. The number of benzene rings is 1. The molecular weight excluding hydrogens is 238 g/mol. The summed E-state index contributed by atoms with van der Waals surface area (Å²) in [5.74, 6) is 0.998. The van der Waals surface area contributed by atoms with Crippen LogP contribution in [0, 0.1) is 0 Å². The molecule has 0 aliphatic carbocycles. The van der Waals surface area contributed by atoms with E-state index in [0.29, 0.717) is 6.54 Å². The second-order valence-corrected chi connectivity index (χ2v) is 4.53. The van der Waals surface area contributed by atoms with Gasteiger partial charge in [0.2, 0.25) is 0 Å². The van der Waals surface area contributed by atoms with Gasteiger partial charge in [-0.2, -0.15) is 0 Å². The van der Waals surface area contributed by atoms with E-state index in [2.05, 4.69) is 29.7 Å². The van der Waals surface area contributed by atoms with Gasteiger partial charge in [-0.25, -0.2) is 0 Å². The van der Waals surface area contributed by atoms with E-state index in [4.69, 9.17) is 10.5 Å². The molecule has 0 aliphatic rings. The number of nitrogens with one attached hydrogen (secondary N) is 2. The van der Waals surface area contributed by atoms with Crippen LogP contribution < -0.4 is 21.1 Å². The van der Waals surface area contributed by atoms with Crippen molar-refractivity contribution in [1.82, 2.24) is 10.6 Å². The summed E-state index contributed by atoms with van der Waals surface area (Å²) in [6.07, 6.45) is 2.26. The molecule has 1 aromatic carbocycles. The van der Waals surface area contributed by atoms with Crippen LogP contribution in [0.25, 0.3) is 0 Å². The molecule has 0 saturated carbocycles. The van der Waals surface area contributed by atoms with Crippen LogP contribution >= 0.6 is 0 Å². The van der Waals surface area contributed by atoms with Gasteiger partial charge in [-0.15, -0.1) is 0 Å². The van der Waals surface area contributed by atoms with Gasteiger partial charge in [-0.1, -0.05) is 31.5 Å². The number of hydrogen-bond donors (Lipinski definition) is 3. The molecule has 0 saturated heterocycles. The molecule has 4 nitrogen and oxygen atoms in total. The monoisotopic (exact) mass is 265 g/mol. The number of hydrogen-bond acceptors (Lipinski definition) is 4. The normalized spacial score (nSPS) is 10.6. The molecule has 0 spiro atoms. The smallest absolute Gasteiger partial charge is 0.123 e. The van der Waals surface area contributed by atoms with Crippen molar-refractivity contribution in [1.29, 1.82) is 0 Å². The molecule has 0 aliphatic heterocycles. The van der Waals surface area contributed by atoms with Crippen LogP contribution in [0.3, 0.4) is 0 Å². The Balaban J connectivity index is 2.27. The fourth-order valence-electron chi connectivity index (χ4n) is 1.74. The van der Waals surface area contributed by atoms with E-state index in [1.165, 1.54) is 5.56 Å². The molecule has 0 aromatic heterocycles. The van der Waals surface area contributed by atoms with Gasteiger partial charge < -0.3 is 21.1 Å². The third-order valence-electron chi connectivity index (χ3n) is 2.84. The van der Waals surface area contributed by atoms with Crippen molar-refractivity contribution in [3.05, 3.63) is 29.8 Å². The Labute approximate surface area is 116 Å². The SMILES string of the molecule is CCCCOc1ccccc1CNCCNCCN. The van der Waals surface area contributed by atoms with Gasteiger partial charge in [-0.3, -0.25) is 0 Å². The first-order chi connectivity index (χ1) is 9.38. The van der Waals surface area contributed by atoms with Crippen LogP contribution in [-0.2, 0) is 6.54 Å². The van der Waals surface area contributed by atoms with E-state index in [-0.39, 0.29) is 0 Å². The minimum atomic E-state index is 0.689. The van der Waals surface area contributed by atoms with Crippen LogP contribution in [-0.4, -0.2) is 32.8 Å². The fourth-order valence-corrected chi connectivity index (χ4v) is 1.74. The van der Waals surface area contributed by atoms with Gasteiger partial charge >= 0.3 is 0 Å². The van der Waals surface area contributed by atoms with E-state index < -0.39 is 0 Å². The summed E-state index contributed by atoms with van der Waals surface area (Å²) in [5.41, 5.74) is 6.63. The van der Waals surface area contributed by atoms with Crippen molar-refractivity contribution in [3.8, 4) is 5.75 Å². The van der Waals surface area contributed by atoms with Crippen LogP contribution in [0.5, 0.6) is 5.75 Å². The van der Waals surface area contributed by atoms with Gasteiger partial charge in [0.15, 0.2) is 0 Å². The Kier molecular flexibility index (Phi) is 9.06. The van der Waals surface area contributed by atoms with Crippen molar-refractivity contribution >= 4 is 0 Å². The molecule has 0 unspecified atom stereocenters. The highest BCUT2D eigenvalue weighted by atomic mass is 16.5. The van der Waals surface area contributed by atoms with Crippen LogP contribution in [0.15, 0.2) is 24.3 Å². The molecule has 0 bridgehead atoms. The van der Waals surface area contributed by atoms with Crippen molar-refractivity contribution in [2.45, 2.75) is 26.3 Å². The standard InChI is InChI=1S/C15H27N3O/c1-2-3-12-19-15-7-5-4-6-14(15)13-18-11-10-17-9-8-16/h4-7,17-18H,2-3,8-13,16H2,1H3. The Morgan fingerprint density at radius 2 is 1.89 bits per heavy atom. The molecule has 0 amide bonds. The van der Waals surface area contributed by atoms with Gasteiger partial charge in [0.25, 0.3) is 0 Å². The number of nitrogens with two attached hydrogens (primary N) is 1. The summed E-state index contributed by atoms with van der Waals surface area (Å²) >= 11 is 0. The lowest BCUT2D eigenvalue weighted by molar-refractivity contribution is 0.305. The van der Waals surface area contributed by atoms with E-state index in [0.717, 1.165) is 51.4 Å². The number of unbranched alkanes of at least 4 members (excludes halogenated alkanes) is 1. The molecule has 1 aromatic rings. The predicted molar refractivity (Wildman–Crippen MR) is 80.5 cm³/mol. The van der Waals surface area contributed by atoms with Crippen molar-refractivity contribution in [3.63, 3.8) is 0 Å². The van der Waals surface area contributed by atoms with Gasteiger partial charge in [0, 0.05) is 38.3 Å². The number of ether oxygens (including phenoxy) is 1. The Morgan fingerprint density at radius 3 is 2.68 bits per heavy atom. The van der Waals surface area contributed by atoms with Gasteiger partial charge in [0.1, 0.15) is 5.75 Å². The highest BCUT2D eigenvalue weighted by molar-refractivity contribution is 5.33. The maximum atomic E-state index is 5.80. The second kappa shape index (κ2) is 10.8. The van der Waals surface area contributed by atoms with E-state index in [1.807, 2.05) is 12.1 Å². The minimum Gasteiger partial charge on any atom is -0.493 e. The minimum absolute atomic E-state index is 0.689. The van der Waals surface area contributed by atoms with Crippen molar-refractivity contribution < 1.29 is 4.74 Å². The first kappa shape index (κ1) is 16.0. The Morgan fingerprint density at radius 1 is 1.11 bits per heavy atom. The summed E-state index contributed by atoms with van der Waals surface area (Å²) in [5, 5.41) is 6.67. The lowest BCUT2D eigenvalue weighted by atomic mass is 10.2. The molecule has 0 heterocycles. The van der Waals surface area contributed by atoms with Crippen molar-refractivity contribution in [2.75, 3.05) is 32.8 Å². The third-order valence-corrected chi connectivity index (χ3v) is 2.84. The Hall–Kier alpha value is -1.10. The lowest BCUT2D eigenvalue weighted by Gasteiger charge is -2.12. The highest BCUT2D eigenvalue weighted by Gasteiger charge is 2.01. The Bertz CT molecular complexity index is 331. The molecule has 0 atom stereocenters. The van der Waals surface area contributed by atoms with Crippen molar-refractivity contribution in [2.24, 2.45) is 5.73 Å². The zero-order valence-corrected chi connectivity index (χ0v) is 12.0. The quantitative estimate of drug-likeness (QED) is 0.531.